The van der Waals surface area contributed by atoms with E-state index < -0.39 is 5.95 Å². The molecular formula is C12H15N2O3+. The molecule has 1 N–H and O–H groups in total. The van der Waals surface area contributed by atoms with Crippen molar-refractivity contribution >= 4 is 0 Å². The number of hydrogen-bond donors (Lipinski definition) is 1. The second-order valence-corrected chi connectivity index (χ2v) is 3.39. The number of aliphatic hydroxyl groups excluding tert-OH is 1. The molecule has 1 aromatic rings. The average Bonchev–Trinajstić information content (AvgIpc) is 2.35. The molecule has 17 heavy (non-hydrogen) atoms. The number of aliphatic hydroxyl groups is 1. The van der Waals surface area contributed by atoms with E-state index in [2.05, 4.69) is 4.98 Å². The monoisotopic (exact) mass is 235 g/mol. The number of aryl methyl sites for hydroxylation is 1. The van der Waals surface area contributed by atoms with E-state index in [4.69, 9.17) is 20.0 Å². The van der Waals surface area contributed by atoms with Gasteiger partial charge in [0, 0.05) is 0 Å². The van der Waals surface area contributed by atoms with Gasteiger partial charge in [-0.05, 0) is 30.5 Å². The summed E-state index contributed by atoms with van der Waals surface area (Å²) in [5.74, 6) is 0.434. The molecule has 0 saturated heterocycles. The lowest BCUT2D eigenvalue weighted by atomic mass is 10.1. The highest BCUT2D eigenvalue weighted by molar-refractivity contribution is 5.28. The minimum absolute atomic E-state index is 0.356. The van der Waals surface area contributed by atoms with Crippen LogP contribution in [0.25, 0.3) is 4.98 Å². The van der Waals surface area contributed by atoms with Crippen molar-refractivity contribution in [2.45, 2.75) is 12.8 Å². The van der Waals surface area contributed by atoms with Crippen LogP contribution >= 0.6 is 0 Å². The Morgan fingerprint density at radius 3 is 3.06 bits per heavy atom. The van der Waals surface area contributed by atoms with Gasteiger partial charge < -0.3 is 14.6 Å². The number of nitrogens with zero attached hydrogens (tertiary/aromatic N) is 2. The van der Waals surface area contributed by atoms with Gasteiger partial charge in [-0.25, -0.2) is 0 Å². The van der Waals surface area contributed by atoms with Crippen LogP contribution in [0.1, 0.15) is 12.0 Å². The van der Waals surface area contributed by atoms with E-state index in [1.54, 1.807) is 7.11 Å². The number of ether oxygens (including phenoxy) is 2. The van der Waals surface area contributed by atoms with Gasteiger partial charge >= 0.3 is 12.1 Å². The molecule has 5 nitrogen and oxygen atoms in total. The van der Waals surface area contributed by atoms with Crippen molar-refractivity contribution in [2.75, 3.05) is 13.7 Å². The van der Waals surface area contributed by atoms with Crippen LogP contribution in [0.15, 0.2) is 36.4 Å². The predicted molar refractivity (Wildman–Crippen MR) is 63.1 cm³/mol. The summed E-state index contributed by atoms with van der Waals surface area (Å²) < 4.78 is 10.0. The van der Waals surface area contributed by atoms with E-state index in [-0.39, 0.29) is 0 Å². The Labute approximate surface area is 99.9 Å². The van der Waals surface area contributed by atoms with Gasteiger partial charge in [0.25, 0.3) is 0 Å². The third-order valence-electron chi connectivity index (χ3n) is 2.16. The van der Waals surface area contributed by atoms with Crippen LogP contribution in [0.2, 0.25) is 0 Å². The number of benzene rings is 1. The Morgan fingerprint density at radius 1 is 1.53 bits per heavy atom. The molecule has 0 heterocycles. The van der Waals surface area contributed by atoms with Crippen molar-refractivity contribution in [1.82, 2.24) is 0 Å². The molecule has 0 fully saturated rings. The Kier molecular flexibility index (Phi) is 5.38. The van der Waals surface area contributed by atoms with Crippen LogP contribution in [0.5, 0.6) is 5.75 Å². The lowest BCUT2D eigenvalue weighted by Gasteiger charge is -2.04. The summed E-state index contributed by atoms with van der Waals surface area (Å²) in [5.41, 5.74) is 1.14. The fourth-order valence-electron chi connectivity index (χ4n) is 1.37. The molecule has 0 aliphatic rings. The third-order valence-corrected chi connectivity index (χ3v) is 2.16. The zero-order valence-electron chi connectivity index (χ0n) is 9.67. The molecule has 0 unspecified atom stereocenters. The van der Waals surface area contributed by atoms with Gasteiger partial charge in [0.2, 0.25) is 5.39 Å². The zero-order valence-corrected chi connectivity index (χ0v) is 9.67. The van der Waals surface area contributed by atoms with E-state index in [0.29, 0.717) is 6.61 Å². The Bertz CT molecular complexity index is 424. The maximum atomic E-state index is 8.99. The van der Waals surface area contributed by atoms with Crippen molar-refractivity contribution in [2.24, 2.45) is 0 Å². The second kappa shape index (κ2) is 7.12. The van der Waals surface area contributed by atoms with Crippen LogP contribution < -0.4 is 4.74 Å². The largest absolute Gasteiger partial charge is 0.497 e. The molecule has 1 aromatic carbocycles. The molecule has 0 aliphatic carbocycles. The SMILES string of the molecule is COc1cccc(CCCO/C(O)=C\[N+]#N)c1. The van der Waals surface area contributed by atoms with Crippen LogP contribution in [0.3, 0.4) is 0 Å². The van der Waals surface area contributed by atoms with Crippen molar-refractivity contribution in [3.05, 3.63) is 47.0 Å². The van der Waals surface area contributed by atoms with Gasteiger partial charge in [-0.1, -0.05) is 12.1 Å². The van der Waals surface area contributed by atoms with Crippen LogP contribution in [0, 0.1) is 5.39 Å². The second-order valence-electron chi connectivity index (χ2n) is 3.39. The molecule has 0 aromatic heterocycles. The fourth-order valence-corrected chi connectivity index (χ4v) is 1.37. The molecule has 0 bridgehead atoms. The molecular weight excluding hydrogens is 220 g/mol. The number of rotatable bonds is 6. The highest BCUT2D eigenvalue weighted by atomic mass is 16.6. The van der Waals surface area contributed by atoms with Gasteiger partial charge in [-0.15, -0.1) is 0 Å². The Balaban J connectivity index is 2.31. The summed E-state index contributed by atoms with van der Waals surface area (Å²) in [6.45, 7) is 0.356. The molecule has 0 amide bonds. The quantitative estimate of drug-likeness (QED) is 0.467. The number of diazo groups is 1. The van der Waals surface area contributed by atoms with Gasteiger partial charge in [0.05, 0.1) is 13.7 Å². The lowest BCUT2D eigenvalue weighted by Crippen LogP contribution is -1.96. The molecule has 0 spiro atoms. The van der Waals surface area contributed by atoms with Gasteiger partial charge in [0.1, 0.15) is 5.75 Å². The fraction of sp³-hybridized carbons (Fsp3) is 0.333. The summed E-state index contributed by atoms with van der Waals surface area (Å²) in [7, 11) is 1.63. The Hall–Kier alpha value is -2.22. The van der Waals surface area contributed by atoms with Crippen molar-refractivity contribution in [3.63, 3.8) is 0 Å². The first-order valence-electron chi connectivity index (χ1n) is 5.25. The number of methoxy groups -OCH3 is 1. The highest BCUT2D eigenvalue weighted by Crippen LogP contribution is 2.13. The van der Waals surface area contributed by atoms with Crippen LogP contribution in [-0.4, -0.2) is 18.8 Å². The molecule has 5 heteroatoms. The maximum absolute atomic E-state index is 8.99. The summed E-state index contributed by atoms with van der Waals surface area (Å²) in [6, 6.07) is 7.77. The van der Waals surface area contributed by atoms with E-state index in [0.717, 1.165) is 30.4 Å². The maximum Gasteiger partial charge on any atom is 0.429 e. The van der Waals surface area contributed by atoms with Crippen molar-refractivity contribution in [3.8, 4) is 5.75 Å². The summed E-state index contributed by atoms with van der Waals surface area (Å²) in [6.07, 6.45) is 2.41. The van der Waals surface area contributed by atoms with E-state index in [9.17, 15) is 0 Å². The van der Waals surface area contributed by atoms with E-state index in [1.165, 1.54) is 0 Å². The predicted octanol–water partition coefficient (Wildman–Crippen LogP) is 2.85. The first kappa shape index (κ1) is 12.8. The Morgan fingerprint density at radius 2 is 2.35 bits per heavy atom. The minimum Gasteiger partial charge on any atom is -0.497 e. The third kappa shape index (κ3) is 4.89. The first-order chi connectivity index (χ1) is 8.26. The molecule has 0 radical (unpaired) electrons. The summed E-state index contributed by atoms with van der Waals surface area (Å²) in [4.78, 5) is 2.64. The summed E-state index contributed by atoms with van der Waals surface area (Å²) >= 11 is 0. The summed E-state index contributed by atoms with van der Waals surface area (Å²) in [5, 5.41) is 17.1. The normalized spacial score (nSPS) is 10.7. The molecule has 0 aliphatic heterocycles. The minimum atomic E-state index is -0.391. The molecule has 0 saturated carbocycles. The van der Waals surface area contributed by atoms with Crippen LogP contribution in [-0.2, 0) is 11.2 Å². The highest BCUT2D eigenvalue weighted by Gasteiger charge is 2.01. The lowest BCUT2D eigenvalue weighted by molar-refractivity contribution is 0.0919. The van der Waals surface area contributed by atoms with Gasteiger partial charge in [0.15, 0.2) is 4.98 Å². The smallest absolute Gasteiger partial charge is 0.429 e. The van der Waals surface area contributed by atoms with Gasteiger partial charge in [-0.2, -0.15) is 0 Å². The topological polar surface area (TPSA) is 66.8 Å². The first-order valence-corrected chi connectivity index (χ1v) is 5.25. The average molecular weight is 235 g/mol. The van der Waals surface area contributed by atoms with Crippen LogP contribution in [0.4, 0.5) is 0 Å². The van der Waals surface area contributed by atoms with Crippen molar-refractivity contribution in [1.29, 1.82) is 5.39 Å². The molecule has 0 atom stereocenters. The molecule has 1 rings (SSSR count). The van der Waals surface area contributed by atoms with E-state index in [1.807, 2.05) is 24.3 Å². The standard InChI is InChI=1S/C12H14N2O3/c1-16-11-6-2-4-10(8-11)5-3-7-17-12(15)9-14-13/h2,4,6,8-9H,3,5,7H2,1H3/p+1/b12-9-. The number of hydrogen-bond acceptors (Lipinski definition) is 4. The van der Waals surface area contributed by atoms with Gasteiger partial charge in [-0.3, -0.25) is 0 Å². The van der Waals surface area contributed by atoms with Crippen molar-refractivity contribution < 1.29 is 14.6 Å². The molecule has 90 valence electrons. The van der Waals surface area contributed by atoms with E-state index >= 15 is 0 Å². The zero-order chi connectivity index (χ0) is 12.5.